The average molecular weight is 429 g/mol. The van der Waals surface area contributed by atoms with Crippen LogP contribution in [0.4, 0.5) is 26.3 Å². The molecule has 2 nitrogen and oxygen atoms in total. The van der Waals surface area contributed by atoms with E-state index < -0.39 is 23.5 Å². The van der Waals surface area contributed by atoms with E-state index >= 15 is 0 Å². The number of hydrogen-bond donors (Lipinski definition) is 0. The zero-order valence-corrected chi connectivity index (χ0v) is 16.0. The molecule has 2 aromatic rings. The van der Waals surface area contributed by atoms with Gasteiger partial charge in [0.15, 0.2) is 0 Å². The third kappa shape index (κ3) is 4.34. The maximum absolute atomic E-state index is 13.1. The monoisotopic (exact) mass is 429 g/mol. The van der Waals surface area contributed by atoms with Crippen LogP contribution in [0.3, 0.4) is 0 Å². The second kappa shape index (κ2) is 7.89. The molecular weight excluding hydrogens is 408 g/mol. The predicted octanol–water partition coefficient (Wildman–Crippen LogP) is 6.08. The van der Waals surface area contributed by atoms with Gasteiger partial charge in [-0.2, -0.15) is 26.3 Å². The fourth-order valence-corrected chi connectivity index (χ4v) is 4.56. The Kier molecular flexibility index (Phi) is 5.57. The summed E-state index contributed by atoms with van der Waals surface area (Å²) < 4.78 is 84.8. The van der Waals surface area contributed by atoms with Crippen LogP contribution in [0, 0.1) is 5.92 Å². The van der Waals surface area contributed by atoms with Crippen LogP contribution in [0.15, 0.2) is 48.5 Å². The molecule has 0 saturated carbocycles. The van der Waals surface area contributed by atoms with Crippen molar-refractivity contribution in [2.75, 3.05) is 13.1 Å². The Morgan fingerprint density at radius 1 is 0.833 bits per heavy atom. The molecule has 3 aliphatic rings. The van der Waals surface area contributed by atoms with Crippen molar-refractivity contribution >= 4 is 0 Å². The summed E-state index contributed by atoms with van der Waals surface area (Å²) in [5.41, 5.74) is -1.71. The van der Waals surface area contributed by atoms with Crippen molar-refractivity contribution in [3.63, 3.8) is 0 Å². The summed E-state index contributed by atoms with van der Waals surface area (Å²) in [4.78, 5) is 2.28. The van der Waals surface area contributed by atoms with Gasteiger partial charge in [-0.25, -0.2) is 0 Å². The zero-order chi connectivity index (χ0) is 21.5. The molecule has 3 heterocycles. The first-order chi connectivity index (χ1) is 14.1. The summed E-state index contributed by atoms with van der Waals surface area (Å²) in [5.74, 6) is 0.230. The smallest absolute Gasteiger partial charge is 0.371 e. The SMILES string of the molecule is FC(F)(F)c1cc(CO[C@H]2C3CCN(CC3)[C@H]2c2ccccc2)cc(C(F)(F)F)c1. The summed E-state index contributed by atoms with van der Waals surface area (Å²) >= 11 is 0. The lowest BCUT2D eigenvalue weighted by atomic mass is 9.78. The van der Waals surface area contributed by atoms with Gasteiger partial charge in [0, 0.05) is 0 Å². The highest BCUT2D eigenvalue weighted by Gasteiger charge is 2.44. The van der Waals surface area contributed by atoms with E-state index in [9.17, 15) is 26.3 Å². The number of halogens is 6. The van der Waals surface area contributed by atoms with Crippen molar-refractivity contribution in [3.05, 3.63) is 70.8 Å². The van der Waals surface area contributed by atoms with Gasteiger partial charge < -0.3 is 4.74 Å². The Morgan fingerprint density at radius 2 is 1.40 bits per heavy atom. The van der Waals surface area contributed by atoms with Gasteiger partial charge >= 0.3 is 12.4 Å². The van der Waals surface area contributed by atoms with Gasteiger partial charge in [0.1, 0.15) is 0 Å². The highest BCUT2D eigenvalue weighted by Crippen LogP contribution is 2.43. The second-order valence-electron chi connectivity index (χ2n) is 7.92. The highest BCUT2D eigenvalue weighted by molar-refractivity contribution is 5.33. The molecule has 0 amide bonds. The normalized spacial score (nSPS) is 26.7. The first kappa shape index (κ1) is 21.2. The van der Waals surface area contributed by atoms with Gasteiger partial charge in [0.2, 0.25) is 0 Å². The molecule has 162 valence electrons. The lowest BCUT2D eigenvalue weighted by Gasteiger charge is -2.50. The Morgan fingerprint density at radius 3 is 1.93 bits per heavy atom. The Labute approximate surface area is 170 Å². The van der Waals surface area contributed by atoms with Crippen molar-refractivity contribution in [2.24, 2.45) is 5.92 Å². The van der Waals surface area contributed by atoms with Crippen LogP contribution in [-0.2, 0) is 23.7 Å². The molecule has 2 atom stereocenters. The van der Waals surface area contributed by atoms with Crippen molar-refractivity contribution < 1.29 is 31.1 Å². The maximum Gasteiger partial charge on any atom is 0.416 e. The van der Waals surface area contributed by atoms with Gasteiger partial charge in [-0.15, -0.1) is 0 Å². The van der Waals surface area contributed by atoms with Crippen molar-refractivity contribution in [2.45, 2.75) is 43.9 Å². The predicted molar refractivity (Wildman–Crippen MR) is 98.5 cm³/mol. The van der Waals surface area contributed by atoms with Crippen molar-refractivity contribution in [1.82, 2.24) is 4.90 Å². The molecule has 0 N–H and O–H groups in total. The quantitative estimate of drug-likeness (QED) is 0.547. The molecule has 0 unspecified atom stereocenters. The molecule has 0 radical (unpaired) electrons. The van der Waals surface area contributed by atoms with Gasteiger partial charge in [-0.3, -0.25) is 4.90 Å². The molecule has 3 fully saturated rings. The number of hydrogen-bond acceptors (Lipinski definition) is 2. The van der Waals surface area contributed by atoms with Crippen molar-refractivity contribution in [3.8, 4) is 0 Å². The minimum Gasteiger partial charge on any atom is -0.371 e. The van der Waals surface area contributed by atoms with Gasteiger partial charge in [-0.05, 0) is 61.2 Å². The number of ether oxygens (including phenoxy) is 1. The minimum absolute atomic E-state index is 0.0495. The van der Waals surface area contributed by atoms with Crippen LogP contribution in [0.25, 0.3) is 0 Å². The van der Waals surface area contributed by atoms with Gasteiger partial charge in [0.25, 0.3) is 0 Å². The molecule has 2 bridgehead atoms. The van der Waals surface area contributed by atoms with E-state index in [0.29, 0.717) is 0 Å². The number of benzene rings is 2. The molecule has 0 aliphatic carbocycles. The second-order valence-corrected chi connectivity index (χ2v) is 7.92. The Balaban J connectivity index is 1.60. The molecule has 2 aromatic carbocycles. The van der Waals surface area contributed by atoms with E-state index in [1.807, 2.05) is 30.3 Å². The van der Waals surface area contributed by atoms with E-state index in [2.05, 4.69) is 4.90 Å². The number of alkyl halides is 6. The number of nitrogens with zero attached hydrogens (tertiary/aromatic N) is 1. The topological polar surface area (TPSA) is 12.5 Å². The number of piperidine rings is 3. The summed E-state index contributed by atoms with van der Waals surface area (Å²) in [6.07, 6.45) is -8.19. The van der Waals surface area contributed by atoms with Gasteiger partial charge in [-0.1, -0.05) is 30.3 Å². The standard InChI is InChI=1S/C22H21F6NO/c23-21(24,25)17-10-14(11-18(12-17)22(26,27)28)13-30-20-16-6-8-29(9-7-16)19(20)15-4-2-1-3-5-15/h1-5,10-12,16,19-20H,6-9,13H2/t19-,20-/m0/s1. The van der Waals surface area contributed by atoms with Gasteiger partial charge in [0.05, 0.1) is 29.9 Å². The van der Waals surface area contributed by atoms with Crippen LogP contribution >= 0.6 is 0 Å². The molecule has 3 saturated heterocycles. The van der Waals surface area contributed by atoms with Crippen LogP contribution in [0.5, 0.6) is 0 Å². The first-order valence-electron chi connectivity index (χ1n) is 9.82. The Hall–Kier alpha value is -2.06. The lowest BCUT2D eigenvalue weighted by molar-refractivity contribution is -0.143. The summed E-state index contributed by atoms with van der Waals surface area (Å²) in [5, 5.41) is 0. The Bertz CT molecular complexity index is 839. The molecule has 0 spiro atoms. The molecule has 3 aliphatic heterocycles. The molecule has 8 heteroatoms. The average Bonchev–Trinajstić information content (AvgIpc) is 2.72. The number of rotatable bonds is 4. The molecule has 0 aromatic heterocycles. The van der Waals surface area contributed by atoms with Crippen LogP contribution in [0.2, 0.25) is 0 Å². The molecule has 30 heavy (non-hydrogen) atoms. The van der Waals surface area contributed by atoms with E-state index in [4.69, 9.17) is 4.74 Å². The zero-order valence-electron chi connectivity index (χ0n) is 16.0. The van der Waals surface area contributed by atoms with E-state index in [1.165, 1.54) is 0 Å². The maximum atomic E-state index is 13.1. The van der Waals surface area contributed by atoms with Crippen LogP contribution < -0.4 is 0 Å². The number of fused-ring (bicyclic) bond motifs is 3. The van der Waals surface area contributed by atoms with E-state index in [1.54, 1.807) is 0 Å². The molecule has 5 rings (SSSR count). The third-order valence-corrected chi connectivity index (χ3v) is 5.97. The molecular formula is C22H21F6NO. The lowest BCUT2D eigenvalue weighted by Crippen LogP contribution is -2.53. The summed E-state index contributed by atoms with van der Waals surface area (Å²) in [6.45, 7) is 1.52. The van der Waals surface area contributed by atoms with Crippen LogP contribution in [0.1, 0.15) is 41.1 Å². The van der Waals surface area contributed by atoms with E-state index in [0.717, 1.165) is 43.6 Å². The largest absolute Gasteiger partial charge is 0.416 e. The minimum atomic E-state index is -4.86. The van der Waals surface area contributed by atoms with E-state index in [-0.39, 0.29) is 36.3 Å². The summed E-state index contributed by atoms with van der Waals surface area (Å²) in [7, 11) is 0. The third-order valence-electron chi connectivity index (χ3n) is 5.97. The first-order valence-corrected chi connectivity index (χ1v) is 9.82. The fourth-order valence-electron chi connectivity index (χ4n) is 4.56. The summed E-state index contributed by atoms with van der Waals surface area (Å²) in [6, 6.07) is 11.3. The van der Waals surface area contributed by atoms with Crippen LogP contribution in [-0.4, -0.2) is 24.1 Å². The fraction of sp³-hybridized carbons (Fsp3) is 0.455. The van der Waals surface area contributed by atoms with Crippen molar-refractivity contribution in [1.29, 1.82) is 0 Å². The highest BCUT2D eigenvalue weighted by atomic mass is 19.4.